The fourth-order valence-corrected chi connectivity index (χ4v) is 3.73. The number of hydrogen-bond acceptors (Lipinski definition) is 5. The van der Waals surface area contributed by atoms with Gasteiger partial charge in [-0.1, -0.05) is 0 Å². The number of carbonyl (C=O) groups excluding carboxylic acids is 1. The first-order valence-corrected chi connectivity index (χ1v) is 9.44. The summed E-state index contributed by atoms with van der Waals surface area (Å²) in [6.45, 7) is 2.73. The number of aromatic nitrogens is 5. The molecule has 4 rings (SSSR count). The molecule has 1 amide bonds. The van der Waals surface area contributed by atoms with E-state index < -0.39 is 0 Å². The Morgan fingerprint density at radius 2 is 2.04 bits per heavy atom. The van der Waals surface area contributed by atoms with Crippen LogP contribution in [-0.2, 0) is 16.1 Å². The maximum atomic E-state index is 12.2. The number of ether oxygens (including phenoxy) is 1. The predicted octanol–water partition coefficient (Wildman–Crippen LogP) is 1.60. The Morgan fingerprint density at radius 1 is 1.23 bits per heavy atom. The minimum Gasteiger partial charge on any atom is -0.384 e. The van der Waals surface area contributed by atoms with Gasteiger partial charge in [0.25, 0.3) is 0 Å². The maximum Gasteiger partial charge on any atom is 0.224 e. The molecule has 0 unspecified atom stereocenters. The van der Waals surface area contributed by atoms with Gasteiger partial charge in [0.15, 0.2) is 5.82 Å². The fraction of sp³-hybridized carbons (Fsp3) is 0.667. The number of amides is 1. The highest BCUT2D eigenvalue weighted by Gasteiger charge is 2.34. The van der Waals surface area contributed by atoms with E-state index in [4.69, 9.17) is 4.74 Å². The molecular formula is C18H26N6O2. The van der Waals surface area contributed by atoms with Gasteiger partial charge in [0.2, 0.25) is 5.91 Å². The van der Waals surface area contributed by atoms with Gasteiger partial charge < -0.3 is 14.2 Å². The van der Waals surface area contributed by atoms with Crippen molar-refractivity contribution >= 4 is 5.91 Å². The van der Waals surface area contributed by atoms with Crippen molar-refractivity contribution in [1.29, 1.82) is 0 Å². The molecule has 1 saturated heterocycles. The van der Waals surface area contributed by atoms with Crippen LogP contribution in [0, 0.1) is 0 Å². The number of nitrogens with zero attached hydrogens (tertiary/aromatic N) is 6. The van der Waals surface area contributed by atoms with Crippen LogP contribution >= 0.6 is 0 Å². The Bertz CT molecular complexity index is 729. The summed E-state index contributed by atoms with van der Waals surface area (Å²) >= 11 is 0. The van der Waals surface area contributed by atoms with Crippen molar-refractivity contribution in [3.63, 3.8) is 0 Å². The summed E-state index contributed by atoms with van der Waals surface area (Å²) < 4.78 is 9.25. The highest BCUT2D eigenvalue weighted by atomic mass is 16.5. The highest BCUT2D eigenvalue weighted by molar-refractivity contribution is 5.76. The van der Waals surface area contributed by atoms with Crippen LogP contribution in [0.1, 0.15) is 55.7 Å². The molecule has 140 valence electrons. The van der Waals surface area contributed by atoms with Crippen LogP contribution in [-0.4, -0.2) is 62.2 Å². The van der Waals surface area contributed by atoms with E-state index >= 15 is 0 Å². The second kappa shape index (κ2) is 7.57. The average Bonchev–Trinajstić information content (AvgIpc) is 3.21. The molecule has 0 atom stereocenters. The van der Waals surface area contributed by atoms with Crippen LogP contribution in [0.5, 0.6) is 0 Å². The van der Waals surface area contributed by atoms with Gasteiger partial charge in [0.05, 0.1) is 13.0 Å². The van der Waals surface area contributed by atoms with Gasteiger partial charge in [-0.05, 0) is 31.7 Å². The average molecular weight is 358 g/mol. The molecule has 1 saturated carbocycles. The van der Waals surface area contributed by atoms with Crippen molar-refractivity contribution in [2.24, 2.45) is 0 Å². The Balaban J connectivity index is 1.44. The quantitative estimate of drug-likeness (QED) is 0.751. The number of hydrogen-bond donors (Lipinski definition) is 0. The van der Waals surface area contributed by atoms with Gasteiger partial charge in [0.1, 0.15) is 12.4 Å². The van der Waals surface area contributed by atoms with Crippen LogP contribution in [0.2, 0.25) is 0 Å². The molecule has 2 aromatic heterocycles. The van der Waals surface area contributed by atoms with E-state index in [1.165, 1.54) is 12.8 Å². The van der Waals surface area contributed by atoms with Crippen LogP contribution in [0.3, 0.4) is 0 Å². The zero-order valence-corrected chi connectivity index (χ0v) is 15.3. The third-order valence-electron chi connectivity index (χ3n) is 5.30. The third-order valence-corrected chi connectivity index (χ3v) is 5.30. The van der Waals surface area contributed by atoms with Gasteiger partial charge in [-0.15, -0.1) is 10.2 Å². The number of piperidine rings is 1. The predicted molar refractivity (Wildman–Crippen MR) is 94.7 cm³/mol. The first kappa shape index (κ1) is 17.2. The van der Waals surface area contributed by atoms with Crippen molar-refractivity contribution in [3.8, 4) is 0 Å². The zero-order chi connectivity index (χ0) is 17.9. The van der Waals surface area contributed by atoms with E-state index in [1.807, 2.05) is 21.8 Å². The van der Waals surface area contributed by atoms with E-state index in [1.54, 1.807) is 13.3 Å². The monoisotopic (exact) mass is 358 g/mol. The van der Waals surface area contributed by atoms with E-state index in [9.17, 15) is 4.79 Å². The van der Waals surface area contributed by atoms with Crippen LogP contribution in [0.4, 0.5) is 0 Å². The molecule has 26 heavy (non-hydrogen) atoms. The lowest BCUT2D eigenvalue weighted by Crippen LogP contribution is -2.38. The molecule has 0 aromatic carbocycles. The lowest BCUT2D eigenvalue weighted by Gasteiger charge is -2.32. The molecule has 1 aliphatic carbocycles. The topological polar surface area (TPSA) is 78.1 Å². The second-order valence-corrected chi connectivity index (χ2v) is 7.18. The van der Waals surface area contributed by atoms with Gasteiger partial charge in [-0.3, -0.25) is 9.48 Å². The normalized spacial score (nSPS) is 18.4. The Kier molecular flexibility index (Phi) is 5.01. The summed E-state index contributed by atoms with van der Waals surface area (Å²) in [6, 6.07) is 2.46. The molecule has 0 spiro atoms. The minimum absolute atomic E-state index is 0.188. The number of rotatable bonds is 7. The summed E-state index contributed by atoms with van der Waals surface area (Å²) in [6.07, 6.45) is 8.51. The Morgan fingerprint density at radius 3 is 2.69 bits per heavy atom. The van der Waals surface area contributed by atoms with E-state index in [0.29, 0.717) is 31.5 Å². The molecule has 0 radical (unpaired) electrons. The van der Waals surface area contributed by atoms with Gasteiger partial charge >= 0.3 is 0 Å². The minimum atomic E-state index is 0.188. The van der Waals surface area contributed by atoms with Gasteiger partial charge in [0, 0.05) is 44.6 Å². The van der Waals surface area contributed by atoms with Crippen molar-refractivity contribution in [2.45, 2.75) is 50.6 Å². The molecule has 3 heterocycles. The van der Waals surface area contributed by atoms with E-state index in [-0.39, 0.29) is 5.91 Å². The Hall–Kier alpha value is -2.22. The third kappa shape index (κ3) is 3.65. The number of likely N-dealkylation sites (tertiary alicyclic amines) is 1. The molecule has 2 aromatic rings. The summed E-state index contributed by atoms with van der Waals surface area (Å²) in [5.41, 5.74) is 0. The fourth-order valence-electron chi connectivity index (χ4n) is 3.73. The lowest BCUT2D eigenvalue weighted by molar-refractivity contribution is -0.133. The molecule has 2 fully saturated rings. The maximum absolute atomic E-state index is 12.2. The van der Waals surface area contributed by atoms with Crippen molar-refractivity contribution < 1.29 is 9.53 Å². The number of methoxy groups -OCH3 is 1. The molecule has 0 N–H and O–H groups in total. The van der Waals surface area contributed by atoms with Crippen molar-refractivity contribution in [1.82, 2.24) is 29.4 Å². The van der Waals surface area contributed by atoms with Crippen molar-refractivity contribution in [3.05, 3.63) is 30.1 Å². The standard InChI is InChI=1S/C18H26N6O2/c1-26-12-7-17(25)22-10-5-14(6-11-22)18-21-20-16(24(18)15-3-4-15)13-23-9-2-8-19-23/h2,8-9,14-15H,3-7,10-13H2,1H3. The molecule has 2 aliphatic rings. The van der Waals surface area contributed by atoms with Crippen LogP contribution in [0.25, 0.3) is 0 Å². The summed E-state index contributed by atoms with van der Waals surface area (Å²) in [5, 5.41) is 13.3. The van der Waals surface area contributed by atoms with Crippen LogP contribution < -0.4 is 0 Å². The van der Waals surface area contributed by atoms with E-state index in [2.05, 4.69) is 19.9 Å². The largest absolute Gasteiger partial charge is 0.384 e. The number of carbonyl (C=O) groups is 1. The van der Waals surface area contributed by atoms with Crippen LogP contribution in [0.15, 0.2) is 18.5 Å². The molecule has 8 heteroatoms. The molecule has 8 nitrogen and oxygen atoms in total. The van der Waals surface area contributed by atoms with Gasteiger partial charge in [-0.2, -0.15) is 5.10 Å². The molecule has 1 aliphatic heterocycles. The first-order valence-electron chi connectivity index (χ1n) is 9.44. The highest BCUT2D eigenvalue weighted by Crippen LogP contribution is 2.39. The molecular weight excluding hydrogens is 332 g/mol. The first-order chi connectivity index (χ1) is 12.8. The van der Waals surface area contributed by atoms with Gasteiger partial charge in [-0.25, -0.2) is 0 Å². The second-order valence-electron chi connectivity index (χ2n) is 7.18. The SMILES string of the molecule is COCCC(=O)N1CCC(c2nnc(Cn3cccn3)n2C2CC2)CC1. The molecule has 0 bridgehead atoms. The smallest absolute Gasteiger partial charge is 0.224 e. The summed E-state index contributed by atoms with van der Waals surface area (Å²) in [7, 11) is 1.63. The summed E-state index contributed by atoms with van der Waals surface area (Å²) in [4.78, 5) is 14.1. The lowest BCUT2D eigenvalue weighted by atomic mass is 9.95. The summed E-state index contributed by atoms with van der Waals surface area (Å²) in [5.74, 6) is 2.65. The van der Waals surface area contributed by atoms with Crippen molar-refractivity contribution in [2.75, 3.05) is 26.8 Å². The zero-order valence-electron chi connectivity index (χ0n) is 15.3. The van der Waals surface area contributed by atoms with E-state index in [0.717, 1.165) is 37.6 Å². The Labute approximate surface area is 153 Å².